The number of fused-ring (bicyclic) bond motifs is 5. The molecule has 9 rings (SSSR count). The van der Waals surface area contributed by atoms with E-state index in [1.807, 2.05) is 48.5 Å². The standard InChI is InChI=1S/C42H27N3O/c1-3-11-28(12-4-1)36-27-41(44-42(43-36)30-14-5-2-6-15-30)45-37-17-9-7-13-29(37)19-20-33-25-31(21-23-38(33)45)32-22-24-40-35(26-32)34-16-8-10-18-39(34)46-40/h1-27H. The van der Waals surface area contributed by atoms with Crippen LogP contribution in [0.15, 0.2) is 156 Å². The molecule has 4 heteroatoms. The van der Waals surface area contributed by atoms with Crippen LogP contribution in [0.4, 0.5) is 17.2 Å². The molecule has 0 saturated carbocycles. The monoisotopic (exact) mass is 589 g/mol. The zero-order valence-corrected chi connectivity index (χ0v) is 24.8. The quantitative estimate of drug-likeness (QED) is 0.205. The molecule has 1 aliphatic heterocycles. The number of anilines is 3. The van der Waals surface area contributed by atoms with E-state index in [1.165, 1.54) is 0 Å². The molecule has 0 saturated heterocycles. The van der Waals surface area contributed by atoms with E-state index < -0.39 is 0 Å². The van der Waals surface area contributed by atoms with E-state index in [2.05, 4.69) is 120 Å². The van der Waals surface area contributed by atoms with Crippen LogP contribution in [0, 0.1) is 0 Å². The van der Waals surface area contributed by atoms with E-state index in [0.29, 0.717) is 5.82 Å². The van der Waals surface area contributed by atoms with Crippen molar-refractivity contribution < 1.29 is 4.42 Å². The molecular weight excluding hydrogens is 562 g/mol. The summed E-state index contributed by atoms with van der Waals surface area (Å²) in [4.78, 5) is 12.5. The Morgan fingerprint density at radius 2 is 1.09 bits per heavy atom. The number of hydrogen-bond donors (Lipinski definition) is 0. The maximum atomic E-state index is 6.10. The van der Waals surface area contributed by atoms with Crippen LogP contribution in [0.1, 0.15) is 11.1 Å². The van der Waals surface area contributed by atoms with Crippen molar-refractivity contribution in [3.63, 3.8) is 0 Å². The van der Waals surface area contributed by atoms with Crippen LogP contribution < -0.4 is 4.90 Å². The molecule has 3 heterocycles. The van der Waals surface area contributed by atoms with Gasteiger partial charge in [-0.15, -0.1) is 0 Å². The first kappa shape index (κ1) is 26.2. The number of para-hydroxylation sites is 2. The molecule has 46 heavy (non-hydrogen) atoms. The van der Waals surface area contributed by atoms with E-state index in [0.717, 1.165) is 78.2 Å². The first-order valence-electron chi connectivity index (χ1n) is 15.4. The highest BCUT2D eigenvalue weighted by atomic mass is 16.3. The van der Waals surface area contributed by atoms with Crippen molar-refractivity contribution in [2.24, 2.45) is 0 Å². The number of hydrogen-bond acceptors (Lipinski definition) is 4. The van der Waals surface area contributed by atoms with Gasteiger partial charge < -0.3 is 4.42 Å². The molecular formula is C42H27N3O. The molecule has 0 radical (unpaired) electrons. The van der Waals surface area contributed by atoms with Crippen LogP contribution >= 0.6 is 0 Å². The third-order valence-electron chi connectivity index (χ3n) is 8.64. The molecule has 0 amide bonds. The molecule has 0 bridgehead atoms. The van der Waals surface area contributed by atoms with Crippen LogP contribution in [0.3, 0.4) is 0 Å². The van der Waals surface area contributed by atoms with Gasteiger partial charge in [0.05, 0.1) is 17.1 Å². The molecule has 8 aromatic rings. The summed E-state index contributed by atoms with van der Waals surface area (Å²) in [6, 6.07) is 52.4. The molecule has 0 aliphatic carbocycles. The largest absolute Gasteiger partial charge is 0.456 e. The summed E-state index contributed by atoms with van der Waals surface area (Å²) >= 11 is 0. The minimum atomic E-state index is 0.686. The van der Waals surface area contributed by atoms with Gasteiger partial charge >= 0.3 is 0 Å². The molecule has 2 aromatic heterocycles. The summed E-state index contributed by atoms with van der Waals surface area (Å²) in [5.41, 5.74) is 11.3. The maximum absolute atomic E-state index is 6.10. The summed E-state index contributed by atoms with van der Waals surface area (Å²) in [5, 5.41) is 2.25. The Morgan fingerprint density at radius 1 is 0.435 bits per heavy atom. The second-order valence-corrected chi connectivity index (χ2v) is 11.5. The molecule has 0 atom stereocenters. The van der Waals surface area contributed by atoms with Gasteiger partial charge in [0.2, 0.25) is 0 Å². The number of furan rings is 1. The van der Waals surface area contributed by atoms with E-state index in [9.17, 15) is 0 Å². The Morgan fingerprint density at radius 3 is 1.96 bits per heavy atom. The van der Waals surface area contributed by atoms with Crippen LogP contribution in [0.5, 0.6) is 0 Å². The van der Waals surface area contributed by atoms with Gasteiger partial charge in [-0.25, -0.2) is 9.97 Å². The van der Waals surface area contributed by atoms with E-state index >= 15 is 0 Å². The summed E-state index contributed by atoms with van der Waals surface area (Å²) in [7, 11) is 0. The minimum absolute atomic E-state index is 0.686. The number of rotatable bonds is 4. The molecule has 216 valence electrons. The van der Waals surface area contributed by atoms with Gasteiger partial charge in [0.1, 0.15) is 17.0 Å². The van der Waals surface area contributed by atoms with Gasteiger partial charge in [-0.05, 0) is 58.7 Å². The molecule has 1 aliphatic rings. The van der Waals surface area contributed by atoms with Crippen LogP contribution in [0.2, 0.25) is 0 Å². The second kappa shape index (κ2) is 10.7. The highest BCUT2D eigenvalue weighted by molar-refractivity contribution is 6.06. The Kier molecular flexibility index (Phi) is 6.10. The van der Waals surface area contributed by atoms with Crippen LogP contribution in [0.25, 0.3) is 67.9 Å². The Labute approximate surface area is 266 Å². The normalized spacial score (nSPS) is 12.2. The van der Waals surface area contributed by atoms with Gasteiger partial charge in [0.15, 0.2) is 5.82 Å². The average Bonchev–Trinajstić information content (AvgIpc) is 3.41. The van der Waals surface area contributed by atoms with Crippen molar-refractivity contribution in [2.75, 3.05) is 4.90 Å². The maximum Gasteiger partial charge on any atom is 0.162 e. The molecule has 0 N–H and O–H groups in total. The predicted octanol–water partition coefficient (Wildman–Crippen LogP) is 11.3. The lowest BCUT2D eigenvalue weighted by molar-refractivity contribution is 0.669. The minimum Gasteiger partial charge on any atom is -0.456 e. The number of nitrogens with zero attached hydrogens (tertiary/aromatic N) is 3. The fraction of sp³-hybridized carbons (Fsp3) is 0. The predicted molar refractivity (Wildman–Crippen MR) is 189 cm³/mol. The van der Waals surface area contributed by atoms with E-state index in [-0.39, 0.29) is 0 Å². The summed E-state index contributed by atoms with van der Waals surface area (Å²) < 4.78 is 6.10. The Balaban J connectivity index is 1.23. The number of benzene rings is 6. The zero-order valence-electron chi connectivity index (χ0n) is 24.8. The molecule has 0 fully saturated rings. The van der Waals surface area contributed by atoms with Crippen molar-refractivity contribution in [1.82, 2.24) is 9.97 Å². The SMILES string of the molecule is C1=Cc2cc(-c3ccc4oc5ccccc5c4c3)ccc2N(c2cc(-c3ccccc3)nc(-c3ccccc3)n2)c2ccccc21. The van der Waals surface area contributed by atoms with Crippen LogP contribution in [-0.2, 0) is 0 Å². The van der Waals surface area contributed by atoms with E-state index in [4.69, 9.17) is 14.4 Å². The average molecular weight is 590 g/mol. The lowest BCUT2D eigenvalue weighted by atomic mass is 9.99. The topological polar surface area (TPSA) is 42.2 Å². The third kappa shape index (κ3) is 4.47. The van der Waals surface area contributed by atoms with Gasteiger partial charge in [0, 0.05) is 28.0 Å². The summed E-state index contributed by atoms with van der Waals surface area (Å²) in [5.74, 6) is 1.49. The van der Waals surface area contributed by atoms with Gasteiger partial charge in [-0.3, -0.25) is 4.90 Å². The van der Waals surface area contributed by atoms with Gasteiger partial charge in [-0.2, -0.15) is 0 Å². The lowest BCUT2D eigenvalue weighted by Gasteiger charge is -2.27. The summed E-state index contributed by atoms with van der Waals surface area (Å²) in [6.45, 7) is 0. The van der Waals surface area contributed by atoms with Crippen molar-refractivity contribution in [3.8, 4) is 33.8 Å². The third-order valence-corrected chi connectivity index (χ3v) is 8.64. The van der Waals surface area contributed by atoms with Gasteiger partial charge in [0.25, 0.3) is 0 Å². The molecule has 4 nitrogen and oxygen atoms in total. The fourth-order valence-corrected chi connectivity index (χ4v) is 6.39. The molecule has 6 aromatic carbocycles. The summed E-state index contributed by atoms with van der Waals surface area (Å²) in [6.07, 6.45) is 4.41. The second-order valence-electron chi connectivity index (χ2n) is 11.5. The smallest absolute Gasteiger partial charge is 0.162 e. The van der Waals surface area contributed by atoms with Crippen molar-refractivity contribution in [3.05, 3.63) is 163 Å². The molecule has 0 spiro atoms. The first-order valence-corrected chi connectivity index (χ1v) is 15.4. The highest BCUT2D eigenvalue weighted by Gasteiger charge is 2.23. The lowest BCUT2D eigenvalue weighted by Crippen LogP contribution is -2.14. The van der Waals surface area contributed by atoms with Crippen molar-refractivity contribution >= 4 is 51.3 Å². The van der Waals surface area contributed by atoms with Crippen LogP contribution in [-0.4, -0.2) is 9.97 Å². The van der Waals surface area contributed by atoms with Crippen molar-refractivity contribution in [2.45, 2.75) is 0 Å². The first-order chi connectivity index (χ1) is 22.8. The molecule has 0 unspecified atom stereocenters. The fourth-order valence-electron chi connectivity index (χ4n) is 6.39. The Bertz CT molecular complexity index is 2370. The zero-order chi connectivity index (χ0) is 30.5. The highest BCUT2D eigenvalue weighted by Crippen LogP contribution is 2.44. The van der Waals surface area contributed by atoms with E-state index in [1.54, 1.807) is 0 Å². The van der Waals surface area contributed by atoms with Crippen molar-refractivity contribution in [1.29, 1.82) is 0 Å². The number of aromatic nitrogens is 2. The Hall–Kier alpha value is -6.26. The van der Waals surface area contributed by atoms with Gasteiger partial charge in [-0.1, -0.05) is 121 Å².